The second-order valence-electron chi connectivity index (χ2n) is 5.98. The molecule has 28 heavy (non-hydrogen) atoms. The van der Waals surface area contributed by atoms with Crippen LogP contribution in [0.15, 0.2) is 60.3 Å². The van der Waals surface area contributed by atoms with Crippen molar-refractivity contribution in [1.29, 1.82) is 0 Å². The van der Waals surface area contributed by atoms with Crippen molar-refractivity contribution in [1.82, 2.24) is 14.8 Å². The quantitative estimate of drug-likeness (QED) is 0.396. The molecule has 0 aliphatic carbocycles. The molecule has 1 amide bonds. The van der Waals surface area contributed by atoms with Crippen molar-refractivity contribution in [2.45, 2.75) is 18.6 Å². The molecule has 3 rings (SSSR count). The number of anilines is 1. The molecule has 0 aliphatic rings. The van der Waals surface area contributed by atoms with E-state index in [4.69, 9.17) is 23.2 Å². The maximum atomic E-state index is 12.3. The second kappa shape index (κ2) is 9.28. The smallest absolute Gasteiger partial charge is 0.234 e. The van der Waals surface area contributed by atoms with E-state index in [2.05, 4.69) is 22.1 Å². The number of nitrogens with zero attached hydrogens (tertiary/aromatic N) is 3. The normalized spacial score (nSPS) is 10.7. The first-order valence-electron chi connectivity index (χ1n) is 8.47. The molecule has 1 aromatic heterocycles. The fraction of sp³-hybridized carbons (Fsp3) is 0.150. The Morgan fingerprint density at radius 3 is 2.75 bits per heavy atom. The van der Waals surface area contributed by atoms with Gasteiger partial charge in [0.05, 0.1) is 10.8 Å². The minimum atomic E-state index is -0.112. The van der Waals surface area contributed by atoms with Gasteiger partial charge in [-0.05, 0) is 36.8 Å². The molecule has 2 aromatic carbocycles. The van der Waals surface area contributed by atoms with Crippen molar-refractivity contribution >= 4 is 46.6 Å². The minimum absolute atomic E-state index is 0.112. The summed E-state index contributed by atoms with van der Waals surface area (Å²) in [7, 11) is 0. The van der Waals surface area contributed by atoms with E-state index in [-0.39, 0.29) is 11.7 Å². The lowest BCUT2D eigenvalue weighted by molar-refractivity contribution is -0.113. The molecule has 1 heterocycles. The molecule has 0 atom stereocenters. The van der Waals surface area contributed by atoms with Gasteiger partial charge in [0.15, 0.2) is 11.0 Å². The van der Waals surface area contributed by atoms with Gasteiger partial charge in [-0.2, -0.15) is 0 Å². The lowest BCUT2D eigenvalue weighted by Gasteiger charge is -2.10. The fourth-order valence-corrected chi connectivity index (χ4v) is 3.83. The second-order valence-corrected chi connectivity index (χ2v) is 7.77. The number of hydrogen-bond acceptors (Lipinski definition) is 4. The van der Waals surface area contributed by atoms with E-state index >= 15 is 0 Å². The van der Waals surface area contributed by atoms with Crippen LogP contribution in [0.4, 0.5) is 5.69 Å². The van der Waals surface area contributed by atoms with Crippen LogP contribution in [0.5, 0.6) is 0 Å². The molecule has 3 aromatic rings. The van der Waals surface area contributed by atoms with E-state index in [0.29, 0.717) is 27.6 Å². The zero-order chi connectivity index (χ0) is 20.1. The van der Waals surface area contributed by atoms with Gasteiger partial charge in [-0.25, -0.2) is 0 Å². The van der Waals surface area contributed by atoms with Crippen molar-refractivity contribution in [2.75, 3.05) is 11.1 Å². The molecular formula is C20H18Cl2N4OS. The molecule has 144 valence electrons. The van der Waals surface area contributed by atoms with Gasteiger partial charge in [0.25, 0.3) is 0 Å². The first-order valence-corrected chi connectivity index (χ1v) is 10.2. The highest BCUT2D eigenvalue weighted by Crippen LogP contribution is 2.31. The standard InChI is InChI=1S/C20H18Cl2N4OS/c1-3-10-26-19(15-9-8-14(21)11-16(15)22)24-25-20(26)28-12-18(27)23-17-7-5-4-6-13(17)2/h3-9,11H,1,10,12H2,2H3,(H,23,27). The lowest BCUT2D eigenvalue weighted by Crippen LogP contribution is -2.15. The largest absolute Gasteiger partial charge is 0.325 e. The van der Waals surface area contributed by atoms with E-state index in [0.717, 1.165) is 16.8 Å². The number of carbonyl (C=O) groups is 1. The summed E-state index contributed by atoms with van der Waals surface area (Å²) in [6.07, 6.45) is 1.74. The van der Waals surface area contributed by atoms with Crippen LogP contribution in [0.2, 0.25) is 10.0 Å². The molecular weight excluding hydrogens is 415 g/mol. The number of thioether (sulfide) groups is 1. The monoisotopic (exact) mass is 432 g/mol. The molecule has 1 N–H and O–H groups in total. The lowest BCUT2D eigenvalue weighted by atomic mass is 10.2. The Kier molecular flexibility index (Phi) is 6.78. The van der Waals surface area contributed by atoms with Crippen LogP contribution in [-0.2, 0) is 11.3 Å². The SMILES string of the molecule is C=CCn1c(SCC(=O)Nc2ccccc2C)nnc1-c1ccc(Cl)cc1Cl. The molecule has 0 fully saturated rings. The van der Waals surface area contributed by atoms with E-state index < -0.39 is 0 Å². The molecule has 0 bridgehead atoms. The number of allylic oxidation sites excluding steroid dienone is 1. The predicted octanol–water partition coefficient (Wildman–Crippen LogP) is 5.48. The van der Waals surface area contributed by atoms with Crippen molar-refractivity contribution in [3.8, 4) is 11.4 Å². The van der Waals surface area contributed by atoms with Crippen LogP contribution in [0.3, 0.4) is 0 Å². The van der Waals surface area contributed by atoms with Gasteiger partial charge in [0, 0.05) is 22.8 Å². The van der Waals surface area contributed by atoms with Gasteiger partial charge in [-0.15, -0.1) is 16.8 Å². The van der Waals surface area contributed by atoms with Gasteiger partial charge < -0.3 is 5.32 Å². The molecule has 0 saturated heterocycles. The number of nitrogens with one attached hydrogen (secondary N) is 1. The maximum absolute atomic E-state index is 12.3. The van der Waals surface area contributed by atoms with Gasteiger partial charge in [-0.1, -0.05) is 59.2 Å². The minimum Gasteiger partial charge on any atom is -0.325 e. The first kappa shape index (κ1) is 20.5. The summed E-state index contributed by atoms with van der Waals surface area (Å²) in [6.45, 7) is 6.23. The first-order chi connectivity index (χ1) is 13.5. The zero-order valence-electron chi connectivity index (χ0n) is 15.2. The molecule has 0 radical (unpaired) electrons. The molecule has 8 heteroatoms. The van der Waals surface area contributed by atoms with Gasteiger partial charge in [0.1, 0.15) is 0 Å². The number of amides is 1. The number of para-hydroxylation sites is 1. The Hall–Kier alpha value is -2.28. The Labute approximate surface area is 177 Å². The Balaban J connectivity index is 1.77. The topological polar surface area (TPSA) is 59.8 Å². The summed E-state index contributed by atoms with van der Waals surface area (Å²) < 4.78 is 1.87. The Bertz CT molecular complexity index is 1020. The van der Waals surface area contributed by atoms with Crippen molar-refractivity contribution in [3.63, 3.8) is 0 Å². The van der Waals surface area contributed by atoms with Crippen LogP contribution in [-0.4, -0.2) is 26.4 Å². The van der Waals surface area contributed by atoms with E-state index in [1.807, 2.05) is 35.8 Å². The van der Waals surface area contributed by atoms with Crippen LogP contribution in [0, 0.1) is 6.92 Å². The summed E-state index contributed by atoms with van der Waals surface area (Å²) in [4.78, 5) is 12.3. The Morgan fingerprint density at radius 2 is 2.04 bits per heavy atom. The molecule has 0 saturated carbocycles. The molecule has 0 aliphatic heterocycles. The number of hydrogen-bond donors (Lipinski definition) is 1. The van der Waals surface area contributed by atoms with Crippen molar-refractivity contribution in [2.24, 2.45) is 0 Å². The number of rotatable bonds is 7. The van der Waals surface area contributed by atoms with Crippen molar-refractivity contribution in [3.05, 3.63) is 70.7 Å². The third-order valence-corrected chi connectivity index (χ3v) is 5.47. The van der Waals surface area contributed by atoms with Crippen LogP contribution < -0.4 is 5.32 Å². The third-order valence-electron chi connectivity index (χ3n) is 3.95. The summed E-state index contributed by atoms with van der Waals surface area (Å²) in [5, 5.41) is 13.0. The number of aromatic nitrogens is 3. The van der Waals surface area contributed by atoms with Crippen LogP contribution in [0.25, 0.3) is 11.4 Å². The average molecular weight is 433 g/mol. The van der Waals surface area contributed by atoms with Crippen molar-refractivity contribution < 1.29 is 4.79 Å². The molecule has 5 nitrogen and oxygen atoms in total. The summed E-state index contributed by atoms with van der Waals surface area (Å²) in [5.41, 5.74) is 2.53. The average Bonchev–Trinajstić information content (AvgIpc) is 3.05. The zero-order valence-corrected chi connectivity index (χ0v) is 17.5. The number of aryl methyl sites for hydroxylation is 1. The van der Waals surface area contributed by atoms with Gasteiger partial charge >= 0.3 is 0 Å². The number of halogens is 2. The third kappa shape index (κ3) is 4.76. The highest BCUT2D eigenvalue weighted by atomic mass is 35.5. The summed E-state index contributed by atoms with van der Waals surface area (Å²) >= 11 is 13.6. The Morgan fingerprint density at radius 1 is 1.25 bits per heavy atom. The fourth-order valence-electron chi connectivity index (χ4n) is 2.59. The predicted molar refractivity (Wildman–Crippen MR) is 116 cm³/mol. The van der Waals surface area contributed by atoms with E-state index in [9.17, 15) is 4.79 Å². The maximum Gasteiger partial charge on any atom is 0.234 e. The van der Waals surface area contributed by atoms with E-state index in [1.165, 1.54) is 11.8 Å². The van der Waals surface area contributed by atoms with E-state index in [1.54, 1.807) is 24.3 Å². The summed E-state index contributed by atoms with van der Waals surface area (Å²) in [6, 6.07) is 12.9. The van der Waals surface area contributed by atoms with Crippen LogP contribution in [0.1, 0.15) is 5.56 Å². The molecule has 0 spiro atoms. The molecule has 0 unspecified atom stereocenters. The van der Waals surface area contributed by atoms with Gasteiger partial charge in [-0.3, -0.25) is 9.36 Å². The number of carbonyl (C=O) groups excluding carboxylic acids is 1. The summed E-state index contributed by atoms with van der Waals surface area (Å²) in [5.74, 6) is 0.694. The number of benzene rings is 2. The van der Waals surface area contributed by atoms with Gasteiger partial charge in [0.2, 0.25) is 5.91 Å². The highest BCUT2D eigenvalue weighted by molar-refractivity contribution is 7.99. The van der Waals surface area contributed by atoms with Crippen LogP contribution >= 0.6 is 35.0 Å². The highest BCUT2D eigenvalue weighted by Gasteiger charge is 2.17.